The molecule has 4 aromatic rings. The number of hydrogen-bond acceptors (Lipinski definition) is 7. The van der Waals surface area contributed by atoms with E-state index in [1.807, 2.05) is 48.5 Å². The highest BCUT2D eigenvalue weighted by atomic mass is 16.5. The van der Waals surface area contributed by atoms with Gasteiger partial charge in [0.15, 0.2) is 5.82 Å². The van der Waals surface area contributed by atoms with Gasteiger partial charge in [0.05, 0.1) is 18.2 Å². The average Bonchev–Trinajstić information content (AvgIpc) is 2.82. The number of hydrogen-bond donors (Lipinski definition) is 2. The number of methoxy groups -OCH3 is 1. The number of para-hydroxylation sites is 1. The molecule has 7 heteroatoms. The Morgan fingerprint density at radius 1 is 0.933 bits per heavy atom. The van der Waals surface area contributed by atoms with Crippen molar-refractivity contribution in [3.63, 3.8) is 0 Å². The fraction of sp³-hybridized carbons (Fsp3) is 0.130. The van der Waals surface area contributed by atoms with Gasteiger partial charge in [0.2, 0.25) is 0 Å². The molecule has 2 aromatic heterocycles. The number of nitriles is 1. The van der Waals surface area contributed by atoms with E-state index in [0.29, 0.717) is 24.5 Å². The van der Waals surface area contributed by atoms with Gasteiger partial charge in [-0.3, -0.25) is 0 Å². The molecule has 0 radical (unpaired) electrons. The first-order chi connectivity index (χ1) is 14.8. The Morgan fingerprint density at radius 3 is 2.47 bits per heavy atom. The summed E-state index contributed by atoms with van der Waals surface area (Å²) in [5, 5.41) is 16.4. The molecule has 0 aliphatic carbocycles. The largest absolute Gasteiger partial charge is 0.497 e. The molecule has 0 aliphatic heterocycles. The Kier molecular flexibility index (Phi) is 5.67. The molecular formula is C23H20N6O. The Balaban J connectivity index is 1.51. The monoisotopic (exact) mass is 396 g/mol. The lowest BCUT2D eigenvalue weighted by Gasteiger charge is -2.12. The highest BCUT2D eigenvalue weighted by Crippen LogP contribution is 2.26. The summed E-state index contributed by atoms with van der Waals surface area (Å²) >= 11 is 0. The van der Waals surface area contributed by atoms with Crippen LogP contribution in [0.2, 0.25) is 0 Å². The Morgan fingerprint density at radius 2 is 1.73 bits per heavy atom. The maximum Gasteiger partial charge on any atom is 0.162 e. The molecule has 30 heavy (non-hydrogen) atoms. The number of nitrogens with one attached hydrogen (secondary N) is 2. The van der Waals surface area contributed by atoms with Crippen LogP contribution in [-0.2, 0) is 0 Å². The molecule has 148 valence electrons. The lowest BCUT2D eigenvalue weighted by Crippen LogP contribution is -2.15. The van der Waals surface area contributed by atoms with E-state index in [9.17, 15) is 0 Å². The van der Waals surface area contributed by atoms with Crippen LogP contribution < -0.4 is 15.4 Å². The van der Waals surface area contributed by atoms with Crippen LogP contribution in [0, 0.1) is 11.3 Å². The zero-order valence-corrected chi connectivity index (χ0v) is 16.5. The number of pyridine rings is 1. The van der Waals surface area contributed by atoms with Crippen LogP contribution in [0.3, 0.4) is 0 Å². The fourth-order valence-corrected chi connectivity index (χ4v) is 3.02. The van der Waals surface area contributed by atoms with E-state index in [1.54, 1.807) is 25.4 Å². The smallest absolute Gasteiger partial charge is 0.162 e. The van der Waals surface area contributed by atoms with E-state index in [0.717, 1.165) is 33.9 Å². The van der Waals surface area contributed by atoms with Gasteiger partial charge in [-0.15, -0.1) is 0 Å². The molecule has 2 aromatic carbocycles. The first kappa shape index (κ1) is 19.2. The number of benzene rings is 2. The van der Waals surface area contributed by atoms with Crippen molar-refractivity contribution in [1.82, 2.24) is 15.0 Å². The number of anilines is 2. The van der Waals surface area contributed by atoms with E-state index < -0.39 is 0 Å². The second-order valence-electron chi connectivity index (χ2n) is 6.54. The number of aromatic nitrogens is 3. The van der Waals surface area contributed by atoms with Crippen molar-refractivity contribution < 1.29 is 4.74 Å². The van der Waals surface area contributed by atoms with Crippen molar-refractivity contribution in [2.45, 2.75) is 0 Å². The first-order valence-electron chi connectivity index (χ1n) is 9.52. The van der Waals surface area contributed by atoms with E-state index in [2.05, 4.69) is 21.7 Å². The van der Waals surface area contributed by atoms with E-state index in [-0.39, 0.29) is 0 Å². The maximum atomic E-state index is 8.85. The quantitative estimate of drug-likeness (QED) is 0.454. The summed E-state index contributed by atoms with van der Waals surface area (Å²) in [6.45, 7) is 1.29. The summed E-state index contributed by atoms with van der Waals surface area (Å²) in [5.41, 5.74) is 2.34. The predicted molar refractivity (Wildman–Crippen MR) is 117 cm³/mol. The molecule has 0 amide bonds. The second kappa shape index (κ2) is 8.88. The van der Waals surface area contributed by atoms with Crippen LogP contribution in [0.25, 0.3) is 22.3 Å². The first-order valence-corrected chi connectivity index (χ1v) is 9.52. The van der Waals surface area contributed by atoms with Crippen molar-refractivity contribution in [3.8, 4) is 23.2 Å². The standard InChI is InChI=1S/C23H20N6O/c1-30-18-9-7-17(8-10-18)22-28-20-5-3-2-4-19(20)23(29-22)26-13-12-25-21-11-6-16(14-24)15-27-21/h2-11,15H,12-13H2,1H3,(H,25,27)(H,26,28,29). The van der Waals surface area contributed by atoms with Gasteiger partial charge < -0.3 is 15.4 Å². The van der Waals surface area contributed by atoms with Crippen LogP contribution in [0.5, 0.6) is 5.75 Å². The van der Waals surface area contributed by atoms with E-state index in [1.165, 1.54) is 0 Å². The fourth-order valence-electron chi connectivity index (χ4n) is 3.02. The van der Waals surface area contributed by atoms with Gasteiger partial charge in [0, 0.05) is 30.2 Å². The van der Waals surface area contributed by atoms with Gasteiger partial charge in [0.25, 0.3) is 0 Å². The van der Waals surface area contributed by atoms with Gasteiger partial charge >= 0.3 is 0 Å². The molecule has 0 saturated carbocycles. The zero-order valence-electron chi connectivity index (χ0n) is 16.5. The van der Waals surface area contributed by atoms with Crippen LogP contribution in [0.4, 0.5) is 11.6 Å². The number of ether oxygens (including phenoxy) is 1. The lowest BCUT2D eigenvalue weighted by molar-refractivity contribution is 0.415. The Hall–Kier alpha value is -4.18. The molecule has 0 saturated heterocycles. The summed E-state index contributed by atoms with van der Waals surface area (Å²) in [4.78, 5) is 13.7. The molecule has 7 nitrogen and oxygen atoms in total. The maximum absolute atomic E-state index is 8.85. The average molecular weight is 396 g/mol. The Bertz CT molecular complexity index is 1180. The molecule has 0 fully saturated rings. The molecule has 0 aliphatic rings. The van der Waals surface area contributed by atoms with Gasteiger partial charge in [-0.2, -0.15) is 5.26 Å². The third-order valence-corrected chi connectivity index (χ3v) is 4.57. The molecule has 0 unspecified atom stereocenters. The van der Waals surface area contributed by atoms with Crippen molar-refractivity contribution in [1.29, 1.82) is 5.26 Å². The molecule has 0 bridgehead atoms. The highest BCUT2D eigenvalue weighted by Gasteiger charge is 2.09. The van der Waals surface area contributed by atoms with Crippen molar-refractivity contribution in [2.75, 3.05) is 30.8 Å². The molecule has 2 N–H and O–H groups in total. The van der Waals surface area contributed by atoms with Crippen molar-refractivity contribution >= 4 is 22.5 Å². The van der Waals surface area contributed by atoms with E-state index >= 15 is 0 Å². The van der Waals surface area contributed by atoms with Gasteiger partial charge in [0.1, 0.15) is 23.5 Å². The van der Waals surface area contributed by atoms with Crippen LogP contribution in [-0.4, -0.2) is 35.2 Å². The zero-order chi connectivity index (χ0) is 20.8. The second-order valence-corrected chi connectivity index (χ2v) is 6.54. The minimum atomic E-state index is 0.539. The Labute approximate surface area is 174 Å². The van der Waals surface area contributed by atoms with Crippen LogP contribution in [0.1, 0.15) is 5.56 Å². The minimum absolute atomic E-state index is 0.539. The molecular weight excluding hydrogens is 376 g/mol. The van der Waals surface area contributed by atoms with E-state index in [4.69, 9.17) is 20.0 Å². The SMILES string of the molecule is COc1ccc(-c2nc(NCCNc3ccc(C#N)cn3)c3ccccc3n2)cc1. The minimum Gasteiger partial charge on any atom is -0.497 e. The lowest BCUT2D eigenvalue weighted by atomic mass is 10.1. The summed E-state index contributed by atoms with van der Waals surface area (Å²) in [6.07, 6.45) is 1.55. The van der Waals surface area contributed by atoms with Crippen LogP contribution >= 0.6 is 0 Å². The summed E-state index contributed by atoms with van der Waals surface area (Å²) in [5.74, 6) is 2.95. The highest BCUT2D eigenvalue weighted by molar-refractivity contribution is 5.90. The molecule has 0 spiro atoms. The van der Waals surface area contributed by atoms with Crippen molar-refractivity contribution in [2.24, 2.45) is 0 Å². The molecule has 2 heterocycles. The normalized spacial score (nSPS) is 10.4. The predicted octanol–water partition coefficient (Wildman–Crippen LogP) is 4.10. The summed E-state index contributed by atoms with van der Waals surface area (Å²) in [6, 6.07) is 21.2. The number of nitrogens with zero attached hydrogens (tertiary/aromatic N) is 4. The third-order valence-electron chi connectivity index (χ3n) is 4.57. The topological polar surface area (TPSA) is 95.8 Å². The summed E-state index contributed by atoms with van der Waals surface area (Å²) in [7, 11) is 1.64. The molecule has 0 atom stereocenters. The number of fused-ring (bicyclic) bond motifs is 1. The van der Waals surface area contributed by atoms with Gasteiger partial charge in [-0.05, 0) is 48.5 Å². The van der Waals surface area contributed by atoms with Gasteiger partial charge in [-0.25, -0.2) is 15.0 Å². The van der Waals surface area contributed by atoms with Crippen LogP contribution in [0.15, 0.2) is 66.9 Å². The van der Waals surface area contributed by atoms with Gasteiger partial charge in [-0.1, -0.05) is 12.1 Å². The third kappa shape index (κ3) is 4.28. The summed E-state index contributed by atoms with van der Waals surface area (Å²) < 4.78 is 5.23. The number of rotatable bonds is 7. The van der Waals surface area contributed by atoms with Crippen molar-refractivity contribution in [3.05, 3.63) is 72.4 Å². The molecule has 4 rings (SSSR count).